The summed E-state index contributed by atoms with van der Waals surface area (Å²) in [5, 5.41) is 13.0. The van der Waals surface area contributed by atoms with Crippen molar-refractivity contribution < 1.29 is 9.90 Å². The van der Waals surface area contributed by atoms with Crippen LogP contribution in [0.4, 0.5) is 5.69 Å². The Hall–Kier alpha value is -1.55. The Bertz CT molecular complexity index is 500. The molecule has 0 saturated carbocycles. The van der Waals surface area contributed by atoms with Crippen LogP contribution in [-0.2, 0) is 0 Å². The molecule has 0 bridgehead atoms. The Labute approximate surface area is 127 Å². The van der Waals surface area contributed by atoms with Crippen molar-refractivity contribution in [1.82, 2.24) is 4.90 Å². The predicted octanol–water partition coefficient (Wildman–Crippen LogP) is 2.66. The van der Waals surface area contributed by atoms with Crippen LogP contribution in [0.25, 0.3) is 0 Å². The summed E-state index contributed by atoms with van der Waals surface area (Å²) in [6.45, 7) is 8.16. The normalized spacial score (nSPS) is 19.6. The lowest BCUT2D eigenvalue weighted by molar-refractivity contribution is 0.0763. The van der Waals surface area contributed by atoms with E-state index in [4.69, 9.17) is 0 Å². The maximum atomic E-state index is 12.8. The zero-order valence-corrected chi connectivity index (χ0v) is 13.2. The summed E-state index contributed by atoms with van der Waals surface area (Å²) in [5.41, 5.74) is 2.74. The predicted molar refractivity (Wildman–Crippen MR) is 85.7 cm³/mol. The Morgan fingerprint density at radius 1 is 1.52 bits per heavy atom. The molecule has 21 heavy (non-hydrogen) atoms. The summed E-state index contributed by atoms with van der Waals surface area (Å²) in [6, 6.07) is 5.97. The second kappa shape index (κ2) is 6.94. The number of nitrogens with one attached hydrogen (secondary N) is 1. The highest BCUT2D eigenvalue weighted by atomic mass is 16.3. The number of aliphatic hydroxyl groups excluding tert-OH is 1. The average molecular weight is 290 g/mol. The molecule has 0 aliphatic carbocycles. The summed E-state index contributed by atoms with van der Waals surface area (Å²) in [5.74, 6) is 0.270. The molecule has 2 unspecified atom stereocenters. The Balaban J connectivity index is 2.16. The van der Waals surface area contributed by atoms with Crippen molar-refractivity contribution in [3.8, 4) is 0 Å². The number of anilines is 1. The number of carbonyl (C=O) groups excluding carboxylic acids is 1. The first-order chi connectivity index (χ1) is 10.0. The van der Waals surface area contributed by atoms with Crippen molar-refractivity contribution in [3.63, 3.8) is 0 Å². The molecule has 2 N–H and O–H groups in total. The number of aliphatic hydroxyl groups is 1. The largest absolute Gasteiger partial charge is 0.393 e. The van der Waals surface area contributed by atoms with Gasteiger partial charge in [-0.2, -0.15) is 0 Å². The van der Waals surface area contributed by atoms with Crippen molar-refractivity contribution in [2.24, 2.45) is 5.92 Å². The van der Waals surface area contributed by atoms with E-state index >= 15 is 0 Å². The van der Waals surface area contributed by atoms with Crippen LogP contribution in [0.5, 0.6) is 0 Å². The van der Waals surface area contributed by atoms with Gasteiger partial charge in [-0.05, 0) is 38.8 Å². The van der Waals surface area contributed by atoms with E-state index in [2.05, 4.69) is 12.2 Å². The summed E-state index contributed by atoms with van der Waals surface area (Å²) >= 11 is 0. The third kappa shape index (κ3) is 3.76. The van der Waals surface area contributed by atoms with Crippen LogP contribution >= 0.6 is 0 Å². The number of amides is 1. The summed E-state index contributed by atoms with van der Waals surface area (Å²) in [6.07, 6.45) is 1.56. The summed E-state index contributed by atoms with van der Waals surface area (Å²) in [4.78, 5) is 14.6. The van der Waals surface area contributed by atoms with Gasteiger partial charge < -0.3 is 15.3 Å². The molecule has 2 atom stereocenters. The monoisotopic (exact) mass is 290 g/mol. The van der Waals surface area contributed by atoms with Gasteiger partial charge >= 0.3 is 0 Å². The smallest absolute Gasteiger partial charge is 0.255 e. The van der Waals surface area contributed by atoms with E-state index in [0.717, 1.165) is 42.7 Å². The number of likely N-dealkylation sites (tertiary alicyclic amines) is 1. The summed E-state index contributed by atoms with van der Waals surface area (Å²) in [7, 11) is 0. The lowest BCUT2D eigenvalue weighted by Gasteiger charge is -2.20. The highest BCUT2D eigenvalue weighted by Gasteiger charge is 2.30. The number of hydrogen-bond donors (Lipinski definition) is 2. The third-order valence-electron chi connectivity index (χ3n) is 4.17. The molecule has 4 heteroatoms. The lowest BCUT2D eigenvalue weighted by atomic mass is 10.0. The summed E-state index contributed by atoms with van der Waals surface area (Å²) < 4.78 is 0. The van der Waals surface area contributed by atoms with Gasteiger partial charge in [0, 0.05) is 31.2 Å². The maximum Gasteiger partial charge on any atom is 0.255 e. The van der Waals surface area contributed by atoms with Crippen LogP contribution in [0.1, 0.15) is 42.6 Å². The van der Waals surface area contributed by atoms with Crippen LogP contribution in [0, 0.1) is 12.8 Å². The molecule has 1 fully saturated rings. The van der Waals surface area contributed by atoms with Gasteiger partial charge in [-0.1, -0.05) is 18.6 Å². The van der Waals surface area contributed by atoms with Crippen molar-refractivity contribution in [2.45, 2.75) is 39.7 Å². The van der Waals surface area contributed by atoms with Crippen LogP contribution in [-0.4, -0.2) is 41.7 Å². The number of benzene rings is 1. The van der Waals surface area contributed by atoms with Crippen LogP contribution in [0.2, 0.25) is 0 Å². The number of hydrogen-bond acceptors (Lipinski definition) is 3. The zero-order valence-electron chi connectivity index (χ0n) is 13.2. The van der Waals surface area contributed by atoms with E-state index in [-0.39, 0.29) is 17.9 Å². The quantitative estimate of drug-likeness (QED) is 0.876. The zero-order chi connectivity index (χ0) is 15.4. The van der Waals surface area contributed by atoms with Gasteiger partial charge in [0.2, 0.25) is 0 Å². The molecule has 1 heterocycles. The first-order valence-electron chi connectivity index (χ1n) is 7.84. The fraction of sp³-hybridized carbons (Fsp3) is 0.588. The molecule has 2 rings (SSSR count). The van der Waals surface area contributed by atoms with Gasteiger partial charge in [0.15, 0.2) is 0 Å². The molecule has 0 radical (unpaired) electrons. The Kier molecular flexibility index (Phi) is 5.23. The van der Waals surface area contributed by atoms with Crippen LogP contribution in [0.3, 0.4) is 0 Å². The molecule has 0 aromatic heterocycles. The fourth-order valence-electron chi connectivity index (χ4n) is 2.78. The van der Waals surface area contributed by atoms with Gasteiger partial charge in [0.1, 0.15) is 0 Å². The molecular formula is C17H26N2O2. The van der Waals surface area contributed by atoms with Gasteiger partial charge in [-0.3, -0.25) is 4.79 Å². The standard InChI is InChI=1S/C17H26N2O2/c1-4-8-18-16-6-5-12(2)10-15(16)17(21)19-9-7-14(11-19)13(3)20/h5-6,10,13-14,18,20H,4,7-9,11H2,1-3H3. The maximum absolute atomic E-state index is 12.8. The van der Waals surface area contributed by atoms with Gasteiger partial charge in [-0.15, -0.1) is 0 Å². The second-order valence-corrected chi connectivity index (χ2v) is 6.02. The van der Waals surface area contributed by atoms with E-state index in [1.165, 1.54) is 0 Å². The second-order valence-electron chi connectivity index (χ2n) is 6.02. The van der Waals surface area contributed by atoms with Gasteiger partial charge in [0.05, 0.1) is 11.7 Å². The molecule has 4 nitrogen and oxygen atoms in total. The van der Waals surface area contributed by atoms with E-state index in [1.807, 2.05) is 30.0 Å². The molecule has 1 aromatic carbocycles. The molecule has 116 valence electrons. The number of carbonyl (C=O) groups is 1. The average Bonchev–Trinajstić information content (AvgIpc) is 2.95. The minimum atomic E-state index is -0.349. The highest BCUT2D eigenvalue weighted by Crippen LogP contribution is 2.25. The number of nitrogens with zero attached hydrogens (tertiary/aromatic N) is 1. The fourth-order valence-corrected chi connectivity index (χ4v) is 2.78. The van der Waals surface area contributed by atoms with E-state index < -0.39 is 0 Å². The molecule has 1 saturated heterocycles. The van der Waals surface area contributed by atoms with Gasteiger partial charge in [-0.25, -0.2) is 0 Å². The van der Waals surface area contributed by atoms with Crippen LogP contribution < -0.4 is 5.32 Å². The molecular weight excluding hydrogens is 264 g/mol. The first-order valence-corrected chi connectivity index (χ1v) is 7.84. The number of aryl methyl sites for hydroxylation is 1. The topological polar surface area (TPSA) is 52.6 Å². The van der Waals surface area contributed by atoms with E-state index in [9.17, 15) is 9.90 Å². The van der Waals surface area contributed by atoms with Crippen LogP contribution in [0.15, 0.2) is 18.2 Å². The van der Waals surface area contributed by atoms with E-state index in [1.54, 1.807) is 6.92 Å². The lowest BCUT2D eigenvalue weighted by Crippen LogP contribution is -2.31. The van der Waals surface area contributed by atoms with Crippen molar-refractivity contribution in [2.75, 3.05) is 25.0 Å². The third-order valence-corrected chi connectivity index (χ3v) is 4.17. The molecule has 1 aliphatic heterocycles. The number of rotatable bonds is 5. The highest BCUT2D eigenvalue weighted by molar-refractivity contribution is 6.00. The minimum Gasteiger partial charge on any atom is -0.393 e. The van der Waals surface area contributed by atoms with Gasteiger partial charge in [0.25, 0.3) is 5.91 Å². The molecule has 1 aromatic rings. The first kappa shape index (κ1) is 15.8. The Morgan fingerprint density at radius 3 is 2.90 bits per heavy atom. The van der Waals surface area contributed by atoms with Crippen molar-refractivity contribution in [1.29, 1.82) is 0 Å². The minimum absolute atomic E-state index is 0.0699. The SMILES string of the molecule is CCCNc1ccc(C)cc1C(=O)N1CCC(C(C)O)C1. The molecule has 0 spiro atoms. The molecule has 1 amide bonds. The van der Waals surface area contributed by atoms with Crippen molar-refractivity contribution in [3.05, 3.63) is 29.3 Å². The van der Waals surface area contributed by atoms with E-state index in [0.29, 0.717) is 6.54 Å². The van der Waals surface area contributed by atoms with Crippen molar-refractivity contribution >= 4 is 11.6 Å². The molecule has 1 aliphatic rings. The Morgan fingerprint density at radius 2 is 2.29 bits per heavy atom.